The average Bonchev–Trinajstić information content (AvgIpc) is 2.75. The summed E-state index contributed by atoms with van der Waals surface area (Å²) in [6, 6.07) is 19.8. The Labute approximate surface area is 173 Å². The van der Waals surface area contributed by atoms with Gasteiger partial charge in [-0.2, -0.15) is 0 Å². The number of rotatable bonds is 8. The van der Waals surface area contributed by atoms with Crippen LogP contribution in [-0.2, 0) is 22.4 Å². The van der Waals surface area contributed by atoms with Gasteiger partial charge in [-0.15, -0.1) is 0 Å². The van der Waals surface area contributed by atoms with Gasteiger partial charge < -0.3 is 10.4 Å². The van der Waals surface area contributed by atoms with Gasteiger partial charge in [-0.05, 0) is 23.3 Å². The van der Waals surface area contributed by atoms with Gasteiger partial charge >= 0.3 is 5.97 Å². The number of hydrogen-bond donors (Lipinski definition) is 2. The molecule has 0 saturated heterocycles. The largest absolute Gasteiger partial charge is 0.480 e. The molecule has 3 aromatic carbocycles. The van der Waals surface area contributed by atoms with Gasteiger partial charge in [0.05, 0.1) is 6.42 Å². The minimum Gasteiger partial charge on any atom is -0.480 e. The van der Waals surface area contributed by atoms with Gasteiger partial charge in [0.2, 0.25) is 5.91 Å². The molecule has 0 unspecified atom stereocenters. The van der Waals surface area contributed by atoms with Crippen molar-refractivity contribution in [3.8, 4) is 0 Å². The van der Waals surface area contributed by atoms with Crippen molar-refractivity contribution in [1.82, 2.24) is 5.32 Å². The summed E-state index contributed by atoms with van der Waals surface area (Å²) in [5.41, 5.74) is 2.33. The van der Waals surface area contributed by atoms with Crippen LogP contribution in [0.2, 0.25) is 0 Å². The fourth-order valence-electron chi connectivity index (χ4n) is 3.02. The van der Waals surface area contributed by atoms with E-state index in [9.17, 15) is 23.9 Å². The summed E-state index contributed by atoms with van der Waals surface area (Å²) in [6.07, 6.45) is 0.0267. The van der Waals surface area contributed by atoms with Gasteiger partial charge in [0, 0.05) is 17.5 Å². The van der Waals surface area contributed by atoms with Crippen LogP contribution in [0.4, 0.5) is 4.39 Å². The normalized spacial score (nSPS) is 11.5. The first-order valence-corrected chi connectivity index (χ1v) is 9.37. The summed E-state index contributed by atoms with van der Waals surface area (Å²) >= 11 is 0. The Kier molecular flexibility index (Phi) is 6.70. The molecule has 0 aliphatic rings. The van der Waals surface area contributed by atoms with Gasteiger partial charge in [-0.3, -0.25) is 9.59 Å². The van der Waals surface area contributed by atoms with Crippen molar-refractivity contribution >= 4 is 17.7 Å². The van der Waals surface area contributed by atoms with E-state index in [1.807, 2.05) is 6.07 Å². The second kappa shape index (κ2) is 9.60. The maximum Gasteiger partial charge on any atom is 0.326 e. The second-order valence-corrected chi connectivity index (χ2v) is 6.86. The number of carbonyl (C=O) groups is 3. The van der Waals surface area contributed by atoms with Gasteiger partial charge in [-0.1, -0.05) is 66.7 Å². The summed E-state index contributed by atoms with van der Waals surface area (Å²) < 4.78 is 13.0. The third kappa shape index (κ3) is 5.61. The molecule has 1 atom stereocenters. The maximum absolute atomic E-state index is 13.0. The van der Waals surface area contributed by atoms with E-state index in [1.54, 1.807) is 48.5 Å². The summed E-state index contributed by atoms with van der Waals surface area (Å²) in [4.78, 5) is 36.2. The lowest BCUT2D eigenvalue weighted by molar-refractivity contribution is -0.141. The maximum atomic E-state index is 13.0. The molecule has 0 bridgehead atoms. The van der Waals surface area contributed by atoms with Crippen molar-refractivity contribution in [2.75, 3.05) is 0 Å². The van der Waals surface area contributed by atoms with Crippen LogP contribution in [0, 0.1) is 5.82 Å². The molecule has 0 heterocycles. The number of aliphatic carboxylic acids is 1. The summed E-state index contributed by atoms with van der Waals surface area (Å²) in [5.74, 6) is -2.15. The minimum atomic E-state index is -1.16. The molecule has 30 heavy (non-hydrogen) atoms. The first-order valence-electron chi connectivity index (χ1n) is 9.37. The number of hydrogen-bond acceptors (Lipinski definition) is 3. The zero-order valence-electron chi connectivity index (χ0n) is 16.0. The average molecular weight is 405 g/mol. The molecule has 0 aliphatic carbocycles. The van der Waals surface area contributed by atoms with Crippen molar-refractivity contribution in [2.45, 2.75) is 18.9 Å². The van der Waals surface area contributed by atoms with Crippen LogP contribution < -0.4 is 5.32 Å². The fraction of sp³-hybridized carbons (Fsp3) is 0.125. The summed E-state index contributed by atoms with van der Waals surface area (Å²) in [6.45, 7) is 0. The number of ketones is 1. The molecule has 5 nitrogen and oxygen atoms in total. The van der Waals surface area contributed by atoms with Crippen LogP contribution in [0.1, 0.15) is 27.0 Å². The van der Waals surface area contributed by atoms with Crippen molar-refractivity contribution in [3.63, 3.8) is 0 Å². The molecule has 6 heteroatoms. The lowest BCUT2D eigenvalue weighted by Crippen LogP contribution is -2.43. The zero-order chi connectivity index (χ0) is 21.5. The highest BCUT2D eigenvalue weighted by Gasteiger charge is 2.21. The number of carboxylic acids is 1. The Morgan fingerprint density at radius 3 is 1.97 bits per heavy atom. The fourth-order valence-corrected chi connectivity index (χ4v) is 3.02. The lowest BCUT2D eigenvalue weighted by atomic mass is 9.99. The molecule has 2 N–H and O–H groups in total. The quantitative estimate of drug-likeness (QED) is 0.563. The highest BCUT2D eigenvalue weighted by Crippen LogP contribution is 2.13. The molecule has 3 aromatic rings. The van der Waals surface area contributed by atoms with Crippen molar-refractivity contribution < 1.29 is 23.9 Å². The number of benzene rings is 3. The van der Waals surface area contributed by atoms with Gasteiger partial charge in [0.15, 0.2) is 5.78 Å². The van der Waals surface area contributed by atoms with Crippen molar-refractivity contribution in [2.24, 2.45) is 0 Å². The van der Waals surface area contributed by atoms with E-state index in [4.69, 9.17) is 0 Å². The Balaban J connectivity index is 1.63. The van der Waals surface area contributed by atoms with Gasteiger partial charge in [-0.25, -0.2) is 9.18 Å². The molecule has 0 saturated carbocycles. The monoisotopic (exact) mass is 405 g/mol. The van der Waals surface area contributed by atoms with E-state index in [2.05, 4.69) is 5.32 Å². The van der Waals surface area contributed by atoms with Gasteiger partial charge in [0.1, 0.15) is 11.9 Å². The first-order chi connectivity index (χ1) is 14.4. The Hall–Kier alpha value is -3.80. The molecule has 152 valence electrons. The second-order valence-electron chi connectivity index (χ2n) is 6.86. The molecule has 0 radical (unpaired) electrons. The predicted octanol–water partition coefficient (Wildman–Crippen LogP) is 3.41. The standard InChI is InChI=1S/C24H20FNO4/c25-20-12-8-17(9-13-20)15-22(27)26-21(24(29)30)14-16-6-10-19(11-7-16)23(28)18-4-2-1-3-5-18/h1-13,21H,14-15H2,(H,26,27)(H,29,30)/t21-/m1/s1. The van der Waals surface area contributed by atoms with Crippen LogP contribution in [0.5, 0.6) is 0 Å². The van der Waals surface area contributed by atoms with Gasteiger partial charge in [0.25, 0.3) is 0 Å². The van der Waals surface area contributed by atoms with Crippen LogP contribution in [0.25, 0.3) is 0 Å². The third-order valence-corrected chi connectivity index (χ3v) is 4.60. The van der Waals surface area contributed by atoms with E-state index >= 15 is 0 Å². The summed E-state index contributed by atoms with van der Waals surface area (Å²) in [5, 5.41) is 12.0. The van der Waals surface area contributed by atoms with Crippen LogP contribution in [-0.4, -0.2) is 28.8 Å². The highest BCUT2D eigenvalue weighted by atomic mass is 19.1. The van der Waals surface area contributed by atoms with Crippen molar-refractivity contribution in [1.29, 1.82) is 0 Å². The van der Waals surface area contributed by atoms with Crippen molar-refractivity contribution in [3.05, 3.63) is 107 Å². The first kappa shape index (κ1) is 20.9. The number of halogens is 1. The highest BCUT2D eigenvalue weighted by molar-refractivity contribution is 6.08. The molecular formula is C24H20FNO4. The number of amides is 1. The molecule has 0 spiro atoms. The predicted molar refractivity (Wildman–Crippen MR) is 110 cm³/mol. The van der Waals surface area contributed by atoms with E-state index in [0.717, 1.165) is 0 Å². The van der Waals surface area contributed by atoms with Crippen LogP contribution in [0.15, 0.2) is 78.9 Å². The molecule has 3 rings (SSSR count). The minimum absolute atomic E-state index is 0.0470. The smallest absolute Gasteiger partial charge is 0.326 e. The molecular weight excluding hydrogens is 385 g/mol. The van der Waals surface area contributed by atoms with E-state index in [0.29, 0.717) is 22.3 Å². The molecule has 1 amide bonds. The lowest BCUT2D eigenvalue weighted by Gasteiger charge is -2.15. The molecule has 0 fully saturated rings. The van der Waals surface area contributed by atoms with Crippen LogP contribution in [0.3, 0.4) is 0 Å². The van der Waals surface area contributed by atoms with E-state index in [1.165, 1.54) is 24.3 Å². The topological polar surface area (TPSA) is 83.5 Å². The number of carbonyl (C=O) groups excluding carboxylic acids is 2. The zero-order valence-corrected chi connectivity index (χ0v) is 16.0. The van der Waals surface area contributed by atoms with E-state index in [-0.39, 0.29) is 18.6 Å². The number of carboxylic acid groups (broad SMARTS) is 1. The third-order valence-electron chi connectivity index (χ3n) is 4.60. The van der Waals surface area contributed by atoms with Crippen LogP contribution >= 0.6 is 0 Å². The summed E-state index contributed by atoms with van der Waals surface area (Å²) in [7, 11) is 0. The Morgan fingerprint density at radius 2 is 1.37 bits per heavy atom. The number of nitrogens with one attached hydrogen (secondary N) is 1. The Morgan fingerprint density at radius 1 is 0.800 bits per heavy atom. The Bertz CT molecular complexity index is 1030. The van der Waals surface area contributed by atoms with E-state index < -0.39 is 23.7 Å². The molecule has 0 aromatic heterocycles. The molecule has 0 aliphatic heterocycles. The SMILES string of the molecule is O=C(Cc1ccc(F)cc1)N[C@H](Cc1ccc(C(=O)c2ccccc2)cc1)C(=O)O.